The van der Waals surface area contributed by atoms with Crippen LogP contribution in [0.4, 0.5) is 4.39 Å². The molecule has 0 fully saturated rings. The summed E-state index contributed by atoms with van der Waals surface area (Å²) in [5, 5.41) is 0.645. The summed E-state index contributed by atoms with van der Waals surface area (Å²) in [7, 11) is 0. The number of fused-ring (bicyclic) bond motifs is 1. The zero-order chi connectivity index (χ0) is 14.3. The SMILES string of the molecule is Fc1cc(Br)ccc1C(Br)c1cc(Cl)cc2c1OCC2. The fourth-order valence-corrected chi connectivity index (χ4v) is 3.65. The molecule has 0 N–H and O–H groups in total. The summed E-state index contributed by atoms with van der Waals surface area (Å²) in [6, 6.07) is 8.76. The Balaban J connectivity index is 2.09. The maximum atomic E-state index is 14.1. The second-order valence-corrected chi connectivity index (χ2v) is 6.88. The molecule has 0 aliphatic carbocycles. The van der Waals surface area contributed by atoms with Crippen molar-refractivity contribution in [2.75, 3.05) is 6.61 Å². The smallest absolute Gasteiger partial charge is 0.129 e. The third kappa shape index (κ3) is 2.61. The van der Waals surface area contributed by atoms with E-state index in [9.17, 15) is 4.39 Å². The molecule has 0 saturated carbocycles. The zero-order valence-electron chi connectivity index (χ0n) is 10.3. The van der Waals surface area contributed by atoms with Crippen molar-refractivity contribution in [3.8, 4) is 5.75 Å². The maximum absolute atomic E-state index is 14.1. The highest BCUT2D eigenvalue weighted by molar-refractivity contribution is 9.10. The van der Waals surface area contributed by atoms with E-state index in [0.717, 1.165) is 23.3 Å². The molecule has 104 valence electrons. The molecule has 2 aromatic rings. The predicted molar refractivity (Wildman–Crippen MR) is 85.5 cm³/mol. The molecule has 0 bridgehead atoms. The number of halogens is 4. The zero-order valence-corrected chi connectivity index (χ0v) is 14.2. The number of ether oxygens (including phenoxy) is 1. The average molecular weight is 421 g/mol. The standard InChI is InChI=1S/C15H10Br2ClFO/c16-9-1-2-11(13(19)6-9)14(17)12-7-10(18)5-8-3-4-20-15(8)12/h1-2,5-7,14H,3-4H2. The van der Waals surface area contributed by atoms with Gasteiger partial charge in [-0.25, -0.2) is 4.39 Å². The molecule has 0 saturated heterocycles. The van der Waals surface area contributed by atoms with Gasteiger partial charge < -0.3 is 4.74 Å². The quantitative estimate of drug-likeness (QED) is 0.570. The van der Waals surface area contributed by atoms with Gasteiger partial charge in [0.15, 0.2) is 0 Å². The van der Waals surface area contributed by atoms with E-state index < -0.39 is 0 Å². The maximum Gasteiger partial charge on any atom is 0.129 e. The molecule has 0 aromatic heterocycles. The van der Waals surface area contributed by atoms with Crippen molar-refractivity contribution in [2.45, 2.75) is 11.2 Å². The Kier molecular flexibility index (Phi) is 4.07. The molecule has 0 amide bonds. The molecule has 1 atom stereocenters. The Bertz CT molecular complexity index is 675. The van der Waals surface area contributed by atoms with Gasteiger partial charge in [-0.05, 0) is 29.8 Å². The van der Waals surface area contributed by atoms with Crippen LogP contribution in [0.1, 0.15) is 21.5 Å². The van der Waals surface area contributed by atoms with E-state index in [2.05, 4.69) is 31.9 Å². The van der Waals surface area contributed by atoms with E-state index in [1.54, 1.807) is 6.07 Å². The Morgan fingerprint density at radius 2 is 2.00 bits per heavy atom. The van der Waals surface area contributed by atoms with Crippen molar-refractivity contribution in [1.82, 2.24) is 0 Å². The van der Waals surface area contributed by atoms with E-state index >= 15 is 0 Å². The second kappa shape index (κ2) is 5.66. The molecule has 3 rings (SSSR count). The molecule has 5 heteroatoms. The highest BCUT2D eigenvalue weighted by Gasteiger charge is 2.24. The number of alkyl halides is 1. The Labute approximate surface area is 138 Å². The van der Waals surface area contributed by atoms with Crippen LogP contribution in [0.3, 0.4) is 0 Å². The van der Waals surface area contributed by atoms with Crippen molar-refractivity contribution >= 4 is 43.5 Å². The highest BCUT2D eigenvalue weighted by Crippen LogP contribution is 2.43. The van der Waals surface area contributed by atoms with Gasteiger partial charge in [-0.1, -0.05) is 49.5 Å². The van der Waals surface area contributed by atoms with Crippen molar-refractivity contribution in [2.24, 2.45) is 0 Å². The van der Waals surface area contributed by atoms with Gasteiger partial charge in [0.1, 0.15) is 11.6 Å². The lowest BCUT2D eigenvalue weighted by Crippen LogP contribution is -1.99. The first kappa shape index (κ1) is 14.4. The second-order valence-electron chi connectivity index (χ2n) is 4.61. The first-order valence-corrected chi connectivity index (χ1v) is 8.19. The predicted octanol–water partition coefficient (Wildman–Crippen LogP) is 5.66. The van der Waals surface area contributed by atoms with E-state index in [-0.39, 0.29) is 10.6 Å². The highest BCUT2D eigenvalue weighted by atomic mass is 79.9. The Morgan fingerprint density at radius 3 is 2.75 bits per heavy atom. The number of hydrogen-bond donors (Lipinski definition) is 0. The summed E-state index contributed by atoms with van der Waals surface area (Å²) in [6.45, 7) is 0.644. The summed E-state index contributed by atoms with van der Waals surface area (Å²) in [6.07, 6.45) is 0.839. The minimum absolute atomic E-state index is 0.270. The summed E-state index contributed by atoms with van der Waals surface area (Å²) in [5.41, 5.74) is 2.51. The first-order chi connectivity index (χ1) is 9.56. The fraction of sp³-hybridized carbons (Fsp3) is 0.200. The summed E-state index contributed by atoms with van der Waals surface area (Å²) in [5.74, 6) is 0.548. The molecule has 20 heavy (non-hydrogen) atoms. The number of benzene rings is 2. The van der Waals surface area contributed by atoms with Crippen molar-refractivity contribution < 1.29 is 9.13 Å². The minimum atomic E-state index is -0.291. The fourth-order valence-electron chi connectivity index (χ4n) is 2.36. The molecule has 0 spiro atoms. The van der Waals surface area contributed by atoms with Crippen molar-refractivity contribution in [3.63, 3.8) is 0 Å². The van der Waals surface area contributed by atoms with Gasteiger partial charge in [-0.15, -0.1) is 0 Å². The van der Waals surface area contributed by atoms with Gasteiger partial charge in [0.25, 0.3) is 0 Å². The van der Waals surface area contributed by atoms with Crippen LogP contribution in [0.2, 0.25) is 5.02 Å². The van der Waals surface area contributed by atoms with Crippen LogP contribution >= 0.6 is 43.5 Å². The van der Waals surface area contributed by atoms with Gasteiger partial charge in [0.2, 0.25) is 0 Å². The van der Waals surface area contributed by atoms with Crippen molar-refractivity contribution in [1.29, 1.82) is 0 Å². The summed E-state index contributed by atoms with van der Waals surface area (Å²) >= 11 is 13.0. The van der Waals surface area contributed by atoms with Gasteiger partial charge >= 0.3 is 0 Å². The third-order valence-corrected chi connectivity index (χ3v) is 4.98. The minimum Gasteiger partial charge on any atom is -0.493 e. The van der Waals surface area contributed by atoms with Gasteiger partial charge in [0, 0.05) is 27.0 Å². The van der Waals surface area contributed by atoms with Crippen LogP contribution in [0.15, 0.2) is 34.8 Å². The Morgan fingerprint density at radius 1 is 1.20 bits per heavy atom. The number of hydrogen-bond acceptors (Lipinski definition) is 1. The summed E-state index contributed by atoms with van der Waals surface area (Å²) < 4.78 is 20.5. The van der Waals surface area contributed by atoms with Crippen LogP contribution in [0.25, 0.3) is 0 Å². The van der Waals surface area contributed by atoms with E-state index in [0.29, 0.717) is 21.7 Å². The molecular weight excluding hydrogens is 410 g/mol. The van der Waals surface area contributed by atoms with E-state index in [4.69, 9.17) is 16.3 Å². The third-order valence-electron chi connectivity index (χ3n) is 3.29. The molecule has 1 unspecified atom stereocenters. The largest absolute Gasteiger partial charge is 0.493 e. The molecular formula is C15H10Br2ClFO. The monoisotopic (exact) mass is 418 g/mol. The number of rotatable bonds is 2. The van der Waals surface area contributed by atoms with E-state index in [1.807, 2.05) is 18.2 Å². The summed E-state index contributed by atoms with van der Waals surface area (Å²) in [4.78, 5) is -0.291. The lowest BCUT2D eigenvalue weighted by molar-refractivity contribution is 0.354. The lowest BCUT2D eigenvalue weighted by atomic mass is 10.0. The van der Waals surface area contributed by atoms with Crippen LogP contribution < -0.4 is 4.74 Å². The van der Waals surface area contributed by atoms with Crippen LogP contribution in [-0.4, -0.2) is 6.61 Å². The van der Waals surface area contributed by atoms with Gasteiger partial charge in [-0.2, -0.15) is 0 Å². The van der Waals surface area contributed by atoms with Crippen LogP contribution in [0, 0.1) is 5.82 Å². The normalized spacial score (nSPS) is 14.8. The lowest BCUT2D eigenvalue weighted by Gasteiger charge is -2.16. The first-order valence-electron chi connectivity index (χ1n) is 6.10. The van der Waals surface area contributed by atoms with Crippen molar-refractivity contribution in [3.05, 3.63) is 62.3 Å². The molecule has 1 nitrogen and oxygen atoms in total. The van der Waals surface area contributed by atoms with Crippen LogP contribution in [-0.2, 0) is 6.42 Å². The topological polar surface area (TPSA) is 9.23 Å². The molecule has 2 aromatic carbocycles. The molecule has 1 aliphatic heterocycles. The van der Waals surface area contributed by atoms with Gasteiger partial charge in [-0.3, -0.25) is 0 Å². The molecule has 1 heterocycles. The van der Waals surface area contributed by atoms with Crippen LogP contribution in [0.5, 0.6) is 5.75 Å². The Hall–Kier alpha value is -0.580. The molecule has 1 aliphatic rings. The molecule has 0 radical (unpaired) electrons. The van der Waals surface area contributed by atoms with Gasteiger partial charge in [0.05, 0.1) is 11.4 Å². The average Bonchev–Trinajstić information content (AvgIpc) is 2.85. The van der Waals surface area contributed by atoms with E-state index in [1.165, 1.54) is 6.07 Å².